The van der Waals surface area contributed by atoms with E-state index in [4.69, 9.17) is 0 Å². The van der Waals surface area contributed by atoms with Crippen molar-refractivity contribution in [2.45, 2.75) is 47.7 Å². The van der Waals surface area contributed by atoms with Gasteiger partial charge in [0, 0.05) is 24.8 Å². The second-order valence-corrected chi connectivity index (χ2v) is 5.41. The summed E-state index contributed by atoms with van der Waals surface area (Å²) >= 11 is 0. The molecule has 1 aromatic rings. The first-order valence-electron chi connectivity index (χ1n) is 7.05. The van der Waals surface area contributed by atoms with E-state index in [1.165, 1.54) is 6.07 Å². The maximum atomic E-state index is 11.8. The van der Waals surface area contributed by atoms with Crippen molar-refractivity contribution in [1.29, 1.82) is 0 Å². The average Bonchev–Trinajstić information content (AvgIpc) is 2.35. The fraction of sp³-hybridized carbons (Fsp3) is 0.667. The third-order valence-corrected chi connectivity index (χ3v) is 3.41. The Morgan fingerprint density at radius 3 is 2.37 bits per heavy atom. The largest absolute Gasteiger partial charge is 0.503 e. The van der Waals surface area contributed by atoms with Crippen LogP contribution in [0.15, 0.2) is 10.9 Å². The Morgan fingerprint density at radius 1 is 1.32 bits per heavy atom. The number of hydrogen-bond donors (Lipinski definition) is 1. The van der Waals surface area contributed by atoms with Crippen LogP contribution in [0.5, 0.6) is 5.75 Å². The molecule has 0 radical (unpaired) electrons. The highest BCUT2D eigenvalue weighted by atomic mass is 16.3. The summed E-state index contributed by atoms with van der Waals surface area (Å²) in [4.78, 5) is 14.0. The van der Waals surface area contributed by atoms with E-state index in [2.05, 4.69) is 37.2 Å². The molecule has 0 aliphatic heterocycles. The van der Waals surface area contributed by atoms with Crippen molar-refractivity contribution < 1.29 is 5.11 Å². The van der Waals surface area contributed by atoms with Crippen LogP contribution in [0.4, 0.5) is 0 Å². The molecule has 0 saturated heterocycles. The molecule has 0 bridgehead atoms. The van der Waals surface area contributed by atoms with E-state index in [1.54, 1.807) is 0 Å². The molecule has 0 unspecified atom stereocenters. The molecular weight excluding hydrogens is 240 g/mol. The molecule has 0 aromatic carbocycles. The van der Waals surface area contributed by atoms with Gasteiger partial charge in [0.05, 0.1) is 5.69 Å². The van der Waals surface area contributed by atoms with E-state index in [0.717, 1.165) is 31.0 Å². The monoisotopic (exact) mass is 266 g/mol. The molecule has 0 saturated carbocycles. The van der Waals surface area contributed by atoms with Gasteiger partial charge in [-0.25, -0.2) is 0 Å². The summed E-state index contributed by atoms with van der Waals surface area (Å²) in [7, 11) is 0. The molecule has 0 atom stereocenters. The molecule has 0 amide bonds. The molecule has 4 nitrogen and oxygen atoms in total. The standard InChI is InChI=1S/C15H26N2O2/c1-6-16(7-2)10-13-15(19)14(18)8-12(5)17(13)9-11(3)4/h8,11,19H,6-7,9-10H2,1-5H3. The van der Waals surface area contributed by atoms with Crippen LogP contribution in [0.3, 0.4) is 0 Å². The highest BCUT2D eigenvalue weighted by Gasteiger charge is 2.15. The zero-order valence-electron chi connectivity index (χ0n) is 12.7. The minimum Gasteiger partial charge on any atom is -0.503 e. The van der Waals surface area contributed by atoms with Crippen LogP contribution in [0.25, 0.3) is 0 Å². The van der Waals surface area contributed by atoms with Gasteiger partial charge in [0.25, 0.3) is 0 Å². The van der Waals surface area contributed by atoms with Crippen LogP contribution in [0, 0.1) is 12.8 Å². The van der Waals surface area contributed by atoms with Gasteiger partial charge in [0.1, 0.15) is 0 Å². The summed E-state index contributed by atoms with van der Waals surface area (Å²) in [6.07, 6.45) is 0. The summed E-state index contributed by atoms with van der Waals surface area (Å²) in [6, 6.07) is 1.52. The van der Waals surface area contributed by atoms with E-state index in [9.17, 15) is 9.90 Å². The smallest absolute Gasteiger partial charge is 0.223 e. The number of hydrogen-bond acceptors (Lipinski definition) is 3. The molecule has 19 heavy (non-hydrogen) atoms. The summed E-state index contributed by atoms with van der Waals surface area (Å²) in [6.45, 7) is 13.6. The van der Waals surface area contributed by atoms with E-state index < -0.39 is 0 Å². The van der Waals surface area contributed by atoms with Crippen molar-refractivity contribution in [3.05, 3.63) is 27.7 Å². The summed E-state index contributed by atoms with van der Waals surface area (Å²) in [5.41, 5.74) is 1.38. The van der Waals surface area contributed by atoms with E-state index in [-0.39, 0.29) is 11.2 Å². The zero-order chi connectivity index (χ0) is 14.6. The lowest BCUT2D eigenvalue weighted by Gasteiger charge is -2.24. The lowest BCUT2D eigenvalue weighted by atomic mass is 10.1. The highest BCUT2D eigenvalue weighted by Crippen LogP contribution is 2.18. The number of nitrogens with zero attached hydrogens (tertiary/aromatic N) is 2. The van der Waals surface area contributed by atoms with Crippen molar-refractivity contribution >= 4 is 0 Å². The lowest BCUT2D eigenvalue weighted by molar-refractivity contribution is 0.276. The number of rotatable bonds is 6. The minimum atomic E-state index is -0.278. The first-order valence-corrected chi connectivity index (χ1v) is 7.05. The summed E-state index contributed by atoms with van der Waals surface area (Å²) in [5, 5.41) is 10.1. The molecule has 0 fully saturated rings. The topological polar surface area (TPSA) is 45.5 Å². The first-order chi connectivity index (χ1) is 8.90. The Balaban J connectivity index is 3.27. The number of aromatic hydroxyl groups is 1. The first kappa shape index (κ1) is 15.8. The number of pyridine rings is 1. The molecule has 108 valence electrons. The maximum Gasteiger partial charge on any atom is 0.223 e. The Labute approximate surface area is 115 Å². The van der Waals surface area contributed by atoms with Gasteiger partial charge in [0.15, 0.2) is 5.75 Å². The van der Waals surface area contributed by atoms with Gasteiger partial charge in [-0.05, 0) is 25.9 Å². The third kappa shape index (κ3) is 3.83. The average molecular weight is 266 g/mol. The molecule has 1 rings (SSSR count). The highest BCUT2D eigenvalue weighted by molar-refractivity contribution is 5.29. The lowest BCUT2D eigenvalue weighted by Crippen LogP contribution is -2.27. The van der Waals surface area contributed by atoms with Gasteiger partial charge < -0.3 is 9.67 Å². The molecular formula is C15H26N2O2. The van der Waals surface area contributed by atoms with E-state index in [1.807, 2.05) is 6.92 Å². The van der Waals surface area contributed by atoms with Crippen molar-refractivity contribution in [2.24, 2.45) is 5.92 Å². The van der Waals surface area contributed by atoms with Gasteiger partial charge in [-0.3, -0.25) is 9.69 Å². The Bertz CT molecular complexity index is 474. The van der Waals surface area contributed by atoms with Gasteiger partial charge in [-0.15, -0.1) is 0 Å². The van der Waals surface area contributed by atoms with Crippen LogP contribution in [0.2, 0.25) is 0 Å². The molecule has 1 heterocycles. The van der Waals surface area contributed by atoms with Gasteiger partial charge in [-0.2, -0.15) is 0 Å². The van der Waals surface area contributed by atoms with Crippen LogP contribution >= 0.6 is 0 Å². The predicted octanol–water partition coefficient (Wildman–Crippen LogP) is 2.36. The molecule has 0 aliphatic rings. The number of aromatic nitrogens is 1. The van der Waals surface area contributed by atoms with Crippen LogP contribution < -0.4 is 5.43 Å². The van der Waals surface area contributed by atoms with Crippen LogP contribution in [-0.4, -0.2) is 27.7 Å². The van der Waals surface area contributed by atoms with Gasteiger partial charge >= 0.3 is 0 Å². The van der Waals surface area contributed by atoms with Crippen LogP contribution in [-0.2, 0) is 13.1 Å². The van der Waals surface area contributed by atoms with Gasteiger partial charge in [-0.1, -0.05) is 27.7 Å². The summed E-state index contributed by atoms with van der Waals surface area (Å²) in [5.74, 6) is 0.370. The Morgan fingerprint density at radius 2 is 1.89 bits per heavy atom. The molecule has 0 spiro atoms. The normalized spacial score (nSPS) is 11.5. The zero-order valence-corrected chi connectivity index (χ0v) is 12.7. The van der Waals surface area contributed by atoms with Crippen molar-refractivity contribution in [3.63, 3.8) is 0 Å². The fourth-order valence-corrected chi connectivity index (χ4v) is 2.26. The van der Waals surface area contributed by atoms with Crippen molar-refractivity contribution in [3.8, 4) is 5.75 Å². The molecule has 1 aromatic heterocycles. The molecule has 4 heteroatoms. The SMILES string of the molecule is CCN(CC)Cc1c(O)c(=O)cc(C)n1CC(C)C. The van der Waals surface area contributed by atoms with Gasteiger partial charge in [0.2, 0.25) is 5.43 Å². The summed E-state index contributed by atoms with van der Waals surface area (Å²) < 4.78 is 2.07. The third-order valence-electron chi connectivity index (χ3n) is 3.41. The minimum absolute atomic E-state index is 0.0989. The quantitative estimate of drug-likeness (QED) is 0.859. The second-order valence-electron chi connectivity index (χ2n) is 5.41. The van der Waals surface area contributed by atoms with Crippen molar-refractivity contribution in [2.75, 3.05) is 13.1 Å². The van der Waals surface area contributed by atoms with E-state index >= 15 is 0 Å². The number of aryl methyl sites for hydroxylation is 1. The van der Waals surface area contributed by atoms with Crippen molar-refractivity contribution in [1.82, 2.24) is 9.47 Å². The Hall–Kier alpha value is -1.29. The predicted molar refractivity (Wildman–Crippen MR) is 78.6 cm³/mol. The molecule has 1 N–H and O–H groups in total. The molecule has 0 aliphatic carbocycles. The fourth-order valence-electron chi connectivity index (χ4n) is 2.26. The Kier molecular flexibility index (Phi) is 5.60. The maximum absolute atomic E-state index is 11.8. The van der Waals surface area contributed by atoms with E-state index in [0.29, 0.717) is 12.5 Å². The van der Waals surface area contributed by atoms with Crippen LogP contribution in [0.1, 0.15) is 39.1 Å². The second kappa shape index (κ2) is 6.75.